The highest BCUT2D eigenvalue weighted by Gasteiger charge is 2.21. The van der Waals surface area contributed by atoms with E-state index in [0.29, 0.717) is 26.2 Å². The normalized spacial score (nSPS) is 22.0. The molecular formula is C10H17N3O2. The Morgan fingerprint density at radius 1 is 1.73 bits per heavy atom. The van der Waals surface area contributed by atoms with Crippen molar-refractivity contribution in [2.45, 2.75) is 19.4 Å². The van der Waals surface area contributed by atoms with Gasteiger partial charge in [0.05, 0.1) is 19.2 Å². The zero-order chi connectivity index (χ0) is 11.1. The largest absolute Gasteiger partial charge is 0.361 e. The van der Waals surface area contributed by atoms with Crippen LogP contribution < -0.4 is 5.32 Å². The van der Waals surface area contributed by atoms with Crippen LogP contribution in [0.3, 0.4) is 0 Å². The lowest BCUT2D eigenvalue weighted by atomic mass is 10.3. The number of nitriles is 1. The first-order valence-corrected chi connectivity index (χ1v) is 5.26. The van der Waals surface area contributed by atoms with E-state index in [2.05, 4.69) is 11.4 Å². The Labute approximate surface area is 90.0 Å². The molecule has 1 aliphatic rings. The van der Waals surface area contributed by atoms with E-state index in [-0.39, 0.29) is 5.91 Å². The predicted molar refractivity (Wildman–Crippen MR) is 55.1 cm³/mol. The van der Waals surface area contributed by atoms with Gasteiger partial charge in [0, 0.05) is 19.6 Å². The summed E-state index contributed by atoms with van der Waals surface area (Å²) in [6, 6.07) is 2.05. The first-order valence-electron chi connectivity index (χ1n) is 5.26. The Morgan fingerprint density at radius 2 is 2.53 bits per heavy atom. The molecule has 0 aromatic heterocycles. The number of nitrogens with zero attached hydrogens (tertiary/aromatic N) is 2. The minimum atomic E-state index is -0.391. The number of carbonyl (C=O) groups is 1. The third-order valence-corrected chi connectivity index (χ3v) is 2.23. The minimum absolute atomic E-state index is 0.0236. The molecule has 1 atom stereocenters. The fraction of sp³-hybridized carbons (Fsp3) is 0.800. The fourth-order valence-corrected chi connectivity index (χ4v) is 1.45. The Bertz CT molecular complexity index is 250. The zero-order valence-corrected chi connectivity index (χ0v) is 9.03. The zero-order valence-electron chi connectivity index (χ0n) is 9.03. The van der Waals surface area contributed by atoms with Gasteiger partial charge in [-0.05, 0) is 6.42 Å². The van der Waals surface area contributed by atoms with Gasteiger partial charge in [0.15, 0.2) is 6.10 Å². The van der Waals surface area contributed by atoms with Crippen molar-refractivity contribution >= 4 is 5.91 Å². The molecule has 0 aromatic carbocycles. The number of hydrogen-bond acceptors (Lipinski definition) is 4. The summed E-state index contributed by atoms with van der Waals surface area (Å²) in [6.07, 6.45) is 0.549. The van der Waals surface area contributed by atoms with Gasteiger partial charge in [-0.25, -0.2) is 0 Å². The molecule has 1 rings (SSSR count). The monoisotopic (exact) mass is 211 g/mol. The summed E-state index contributed by atoms with van der Waals surface area (Å²) in [4.78, 5) is 13.3. The van der Waals surface area contributed by atoms with E-state index in [0.717, 1.165) is 13.0 Å². The average molecular weight is 211 g/mol. The van der Waals surface area contributed by atoms with Crippen molar-refractivity contribution in [1.82, 2.24) is 10.2 Å². The van der Waals surface area contributed by atoms with Crippen molar-refractivity contribution in [2.75, 3.05) is 32.8 Å². The van der Waals surface area contributed by atoms with E-state index in [1.54, 1.807) is 0 Å². The Balaban J connectivity index is 2.26. The molecule has 0 saturated carbocycles. The van der Waals surface area contributed by atoms with Gasteiger partial charge in [0.25, 0.3) is 0 Å². The maximum absolute atomic E-state index is 11.4. The second kappa shape index (κ2) is 6.38. The van der Waals surface area contributed by atoms with Crippen LogP contribution in [0.25, 0.3) is 0 Å². The van der Waals surface area contributed by atoms with Crippen LogP contribution in [0.15, 0.2) is 0 Å². The first-order chi connectivity index (χ1) is 7.26. The molecule has 0 radical (unpaired) electrons. The first kappa shape index (κ1) is 12.0. The highest BCUT2D eigenvalue weighted by Crippen LogP contribution is 2.03. The average Bonchev–Trinajstić information content (AvgIpc) is 2.26. The molecule has 1 aliphatic heterocycles. The summed E-state index contributed by atoms with van der Waals surface area (Å²) in [7, 11) is 0. The maximum Gasteiger partial charge on any atom is 0.234 e. The van der Waals surface area contributed by atoms with Gasteiger partial charge in [0.2, 0.25) is 5.91 Å². The van der Waals surface area contributed by atoms with E-state index >= 15 is 0 Å². The lowest BCUT2D eigenvalue weighted by Gasteiger charge is -2.28. The number of amides is 1. The van der Waals surface area contributed by atoms with Gasteiger partial charge in [0.1, 0.15) is 0 Å². The molecule has 1 amide bonds. The summed E-state index contributed by atoms with van der Waals surface area (Å²) in [5.41, 5.74) is 0. The quantitative estimate of drug-likeness (QED) is 0.695. The summed E-state index contributed by atoms with van der Waals surface area (Å²) in [5, 5.41) is 11.5. The van der Waals surface area contributed by atoms with Crippen molar-refractivity contribution < 1.29 is 9.53 Å². The molecule has 0 aromatic rings. The number of rotatable bonds is 4. The topological polar surface area (TPSA) is 65.4 Å². The van der Waals surface area contributed by atoms with Crippen LogP contribution in [0.2, 0.25) is 0 Å². The molecule has 0 bridgehead atoms. The molecule has 5 nitrogen and oxygen atoms in total. The van der Waals surface area contributed by atoms with E-state index in [9.17, 15) is 4.79 Å². The number of hydrogen-bond donors (Lipinski definition) is 1. The lowest BCUT2D eigenvalue weighted by molar-refractivity contribution is -0.123. The number of ether oxygens (including phenoxy) is 1. The van der Waals surface area contributed by atoms with E-state index < -0.39 is 6.10 Å². The van der Waals surface area contributed by atoms with Gasteiger partial charge in [-0.15, -0.1) is 0 Å². The number of nitrogens with one attached hydrogen (secondary N) is 1. The van der Waals surface area contributed by atoms with Crippen LogP contribution in [0.4, 0.5) is 0 Å². The maximum atomic E-state index is 11.4. The van der Waals surface area contributed by atoms with Gasteiger partial charge >= 0.3 is 0 Å². The van der Waals surface area contributed by atoms with Gasteiger partial charge in [-0.2, -0.15) is 5.26 Å². The molecule has 0 aliphatic carbocycles. The van der Waals surface area contributed by atoms with Gasteiger partial charge in [-0.1, -0.05) is 6.92 Å². The molecule has 0 spiro atoms. The summed E-state index contributed by atoms with van der Waals surface area (Å²) in [6.45, 7) is 4.86. The molecular weight excluding hydrogens is 194 g/mol. The summed E-state index contributed by atoms with van der Waals surface area (Å²) in [5.74, 6) is 0.0236. The fourth-order valence-electron chi connectivity index (χ4n) is 1.45. The van der Waals surface area contributed by atoms with Crippen molar-refractivity contribution in [2.24, 2.45) is 0 Å². The van der Waals surface area contributed by atoms with Gasteiger partial charge in [-0.3, -0.25) is 9.69 Å². The second-order valence-corrected chi connectivity index (χ2v) is 3.57. The molecule has 15 heavy (non-hydrogen) atoms. The van der Waals surface area contributed by atoms with Crippen molar-refractivity contribution in [1.29, 1.82) is 5.26 Å². The Kier molecular flexibility index (Phi) is 5.08. The molecule has 5 heteroatoms. The molecule has 1 N–H and O–H groups in total. The summed E-state index contributed by atoms with van der Waals surface area (Å²) >= 11 is 0. The lowest BCUT2D eigenvalue weighted by Crippen LogP contribution is -2.46. The van der Waals surface area contributed by atoms with Crippen molar-refractivity contribution in [3.05, 3.63) is 0 Å². The summed E-state index contributed by atoms with van der Waals surface area (Å²) < 4.78 is 5.19. The standard InChI is InChI=1S/C10H17N3O2/c1-2-3-12-10(14)8-13-4-5-15-9(6-11)7-13/h9H,2-5,7-8H2,1H3,(H,12,14). The van der Waals surface area contributed by atoms with Crippen LogP contribution in [0.5, 0.6) is 0 Å². The molecule has 1 unspecified atom stereocenters. The second-order valence-electron chi connectivity index (χ2n) is 3.57. The number of carbonyl (C=O) groups excluding carboxylic acids is 1. The van der Waals surface area contributed by atoms with Crippen LogP contribution in [-0.4, -0.2) is 49.7 Å². The SMILES string of the molecule is CCCNC(=O)CN1CCOC(C#N)C1. The third-order valence-electron chi connectivity index (χ3n) is 2.23. The Morgan fingerprint density at radius 3 is 3.20 bits per heavy atom. The molecule has 1 saturated heterocycles. The minimum Gasteiger partial charge on any atom is -0.361 e. The molecule has 1 fully saturated rings. The van der Waals surface area contributed by atoms with Crippen LogP contribution in [0.1, 0.15) is 13.3 Å². The van der Waals surface area contributed by atoms with Crippen LogP contribution >= 0.6 is 0 Å². The van der Waals surface area contributed by atoms with Crippen molar-refractivity contribution in [3.8, 4) is 6.07 Å². The predicted octanol–water partition coefficient (Wildman–Crippen LogP) is -0.263. The van der Waals surface area contributed by atoms with E-state index in [1.807, 2.05) is 11.8 Å². The van der Waals surface area contributed by atoms with Crippen molar-refractivity contribution in [3.63, 3.8) is 0 Å². The molecule has 84 valence electrons. The van der Waals surface area contributed by atoms with E-state index in [4.69, 9.17) is 10.00 Å². The third kappa shape index (κ3) is 4.28. The van der Waals surface area contributed by atoms with Gasteiger partial charge < -0.3 is 10.1 Å². The van der Waals surface area contributed by atoms with E-state index in [1.165, 1.54) is 0 Å². The van der Waals surface area contributed by atoms with Crippen LogP contribution in [0, 0.1) is 11.3 Å². The number of morpholine rings is 1. The highest BCUT2D eigenvalue weighted by molar-refractivity contribution is 5.77. The molecule has 1 heterocycles. The Hall–Kier alpha value is -1.12. The van der Waals surface area contributed by atoms with Crippen LogP contribution in [-0.2, 0) is 9.53 Å². The smallest absolute Gasteiger partial charge is 0.234 e. The highest BCUT2D eigenvalue weighted by atomic mass is 16.5.